The smallest absolute Gasteiger partial charge is 0.0518 e. The Morgan fingerprint density at radius 3 is 2.29 bits per heavy atom. The number of nitrogens with zero attached hydrogens (tertiary/aromatic N) is 1. The zero-order chi connectivity index (χ0) is 15.2. The maximum absolute atomic E-state index is 5.61. The van der Waals surface area contributed by atoms with E-state index < -0.39 is 0 Å². The molecule has 0 spiro atoms. The van der Waals surface area contributed by atoms with Crippen LogP contribution in [0.2, 0.25) is 0 Å². The summed E-state index contributed by atoms with van der Waals surface area (Å²) in [5, 5.41) is 3.89. The zero-order valence-electron chi connectivity index (χ0n) is 14.6. The normalized spacial score (nSPS) is 30.3. The molecule has 3 nitrogen and oxygen atoms in total. The molecule has 2 aliphatic rings. The molecule has 124 valence electrons. The third-order valence-corrected chi connectivity index (χ3v) is 5.24. The van der Waals surface area contributed by atoms with E-state index in [1.165, 1.54) is 51.7 Å². The van der Waals surface area contributed by atoms with Crippen molar-refractivity contribution in [1.29, 1.82) is 0 Å². The summed E-state index contributed by atoms with van der Waals surface area (Å²) in [7, 11) is 0. The van der Waals surface area contributed by atoms with Gasteiger partial charge in [-0.1, -0.05) is 6.42 Å². The fourth-order valence-electron chi connectivity index (χ4n) is 4.04. The average Bonchev–Trinajstić information content (AvgIpc) is 2.41. The monoisotopic (exact) mass is 296 g/mol. The summed E-state index contributed by atoms with van der Waals surface area (Å²) in [4.78, 5) is 2.70. The molecule has 3 heteroatoms. The standard InChI is InChI=1S/C18H36N2O/c1-14(2)20-12-16-8-7-9-17(13-20)18(16)19-10-5-6-11-21-15(3)4/h14-19H,5-13H2,1-4H3. The molecule has 1 N–H and O–H groups in total. The topological polar surface area (TPSA) is 24.5 Å². The Kier molecular flexibility index (Phi) is 6.97. The molecule has 0 aromatic carbocycles. The molecular weight excluding hydrogens is 260 g/mol. The first-order valence-electron chi connectivity index (χ1n) is 9.17. The molecule has 2 unspecified atom stereocenters. The fraction of sp³-hybridized carbons (Fsp3) is 1.00. The van der Waals surface area contributed by atoms with Gasteiger partial charge < -0.3 is 15.0 Å². The lowest BCUT2D eigenvalue weighted by molar-refractivity contribution is 0.0290. The Hall–Kier alpha value is -0.120. The van der Waals surface area contributed by atoms with Crippen LogP contribution in [0.4, 0.5) is 0 Å². The third-order valence-electron chi connectivity index (χ3n) is 5.24. The molecule has 0 radical (unpaired) electrons. The van der Waals surface area contributed by atoms with Gasteiger partial charge in [-0.05, 0) is 71.8 Å². The summed E-state index contributed by atoms with van der Waals surface area (Å²) in [6.07, 6.45) is 7.10. The van der Waals surface area contributed by atoms with Gasteiger partial charge in [-0.25, -0.2) is 0 Å². The van der Waals surface area contributed by atoms with Crippen molar-refractivity contribution in [2.75, 3.05) is 26.2 Å². The highest BCUT2D eigenvalue weighted by Crippen LogP contribution is 2.35. The number of likely N-dealkylation sites (tertiary alicyclic amines) is 1. The number of ether oxygens (including phenoxy) is 1. The minimum atomic E-state index is 0.373. The van der Waals surface area contributed by atoms with E-state index in [-0.39, 0.29) is 0 Å². The van der Waals surface area contributed by atoms with Crippen LogP contribution in [0.15, 0.2) is 0 Å². The van der Waals surface area contributed by atoms with E-state index in [2.05, 4.69) is 37.9 Å². The Labute approximate surface area is 131 Å². The van der Waals surface area contributed by atoms with Crippen LogP contribution in [0, 0.1) is 11.8 Å². The third kappa shape index (κ3) is 5.22. The largest absolute Gasteiger partial charge is 0.379 e. The Balaban J connectivity index is 1.68. The van der Waals surface area contributed by atoms with E-state index in [0.717, 1.165) is 24.5 Å². The van der Waals surface area contributed by atoms with Crippen molar-refractivity contribution in [3.63, 3.8) is 0 Å². The van der Waals surface area contributed by atoms with Crippen molar-refractivity contribution >= 4 is 0 Å². The van der Waals surface area contributed by atoms with E-state index in [9.17, 15) is 0 Å². The van der Waals surface area contributed by atoms with Gasteiger partial charge in [0.25, 0.3) is 0 Å². The first kappa shape index (κ1) is 17.2. The van der Waals surface area contributed by atoms with Crippen LogP contribution in [0.25, 0.3) is 0 Å². The molecule has 1 aliphatic carbocycles. The van der Waals surface area contributed by atoms with Gasteiger partial charge in [-0.2, -0.15) is 0 Å². The molecule has 0 aromatic rings. The van der Waals surface area contributed by atoms with E-state index in [1.54, 1.807) is 0 Å². The van der Waals surface area contributed by atoms with Gasteiger partial charge in [0, 0.05) is 31.8 Å². The van der Waals surface area contributed by atoms with Gasteiger partial charge in [0.2, 0.25) is 0 Å². The van der Waals surface area contributed by atoms with E-state index in [0.29, 0.717) is 12.1 Å². The number of rotatable bonds is 8. The molecular formula is C18H36N2O. The fourth-order valence-corrected chi connectivity index (χ4v) is 4.04. The number of hydrogen-bond donors (Lipinski definition) is 1. The summed E-state index contributed by atoms with van der Waals surface area (Å²) in [6, 6.07) is 1.49. The molecule has 2 bridgehead atoms. The summed E-state index contributed by atoms with van der Waals surface area (Å²) < 4.78 is 5.61. The van der Waals surface area contributed by atoms with Gasteiger partial charge >= 0.3 is 0 Å². The summed E-state index contributed by atoms with van der Waals surface area (Å²) in [5.74, 6) is 1.76. The van der Waals surface area contributed by atoms with Crippen LogP contribution in [0.5, 0.6) is 0 Å². The van der Waals surface area contributed by atoms with E-state index in [4.69, 9.17) is 4.74 Å². The van der Waals surface area contributed by atoms with Gasteiger partial charge in [0.05, 0.1) is 6.10 Å². The van der Waals surface area contributed by atoms with Crippen molar-refractivity contribution < 1.29 is 4.74 Å². The molecule has 1 heterocycles. The van der Waals surface area contributed by atoms with Crippen LogP contribution in [0.3, 0.4) is 0 Å². The second-order valence-corrected chi connectivity index (χ2v) is 7.61. The van der Waals surface area contributed by atoms with Gasteiger partial charge in [-0.3, -0.25) is 0 Å². The lowest BCUT2D eigenvalue weighted by atomic mass is 9.73. The van der Waals surface area contributed by atoms with Crippen molar-refractivity contribution in [1.82, 2.24) is 10.2 Å². The van der Waals surface area contributed by atoms with Crippen molar-refractivity contribution in [2.24, 2.45) is 11.8 Å². The molecule has 2 fully saturated rings. The van der Waals surface area contributed by atoms with Crippen molar-refractivity contribution in [3.8, 4) is 0 Å². The molecule has 2 rings (SSSR count). The number of piperidine rings is 1. The first-order valence-corrected chi connectivity index (χ1v) is 9.17. The molecule has 1 saturated carbocycles. The quantitative estimate of drug-likeness (QED) is 0.696. The van der Waals surface area contributed by atoms with E-state index in [1.807, 2.05) is 0 Å². The SMILES string of the molecule is CC(C)OCCCCNC1C2CCCC1CN(C(C)C)C2. The Morgan fingerprint density at radius 2 is 1.71 bits per heavy atom. The van der Waals surface area contributed by atoms with Crippen molar-refractivity contribution in [3.05, 3.63) is 0 Å². The number of unbranched alkanes of at least 4 members (excludes halogenated alkanes) is 1. The second kappa shape index (κ2) is 8.50. The van der Waals surface area contributed by atoms with Crippen LogP contribution in [-0.4, -0.2) is 49.3 Å². The highest BCUT2D eigenvalue weighted by molar-refractivity contribution is 4.95. The predicted molar refractivity (Wildman–Crippen MR) is 89.7 cm³/mol. The van der Waals surface area contributed by atoms with Crippen LogP contribution in [0.1, 0.15) is 59.8 Å². The maximum Gasteiger partial charge on any atom is 0.0518 e. The van der Waals surface area contributed by atoms with Crippen LogP contribution >= 0.6 is 0 Å². The summed E-state index contributed by atoms with van der Waals surface area (Å²) in [6.45, 7) is 13.6. The average molecular weight is 296 g/mol. The van der Waals surface area contributed by atoms with Crippen LogP contribution < -0.4 is 5.32 Å². The zero-order valence-corrected chi connectivity index (χ0v) is 14.6. The number of nitrogens with one attached hydrogen (secondary N) is 1. The number of hydrogen-bond acceptors (Lipinski definition) is 3. The van der Waals surface area contributed by atoms with E-state index >= 15 is 0 Å². The minimum Gasteiger partial charge on any atom is -0.379 e. The van der Waals surface area contributed by atoms with Gasteiger partial charge in [0.1, 0.15) is 0 Å². The van der Waals surface area contributed by atoms with Crippen LogP contribution in [-0.2, 0) is 4.74 Å². The lowest BCUT2D eigenvalue weighted by Gasteiger charge is -2.49. The highest BCUT2D eigenvalue weighted by atomic mass is 16.5. The Morgan fingerprint density at radius 1 is 1.05 bits per heavy atom. The maximum atomic E-state index is 5.61. The summed E-state index contributed by atoms with van der Waals surface area (Å²) >= 11 is 0. The molecule has 1 saturated heterocycles. The Bertz CT molecular complexity index is 279. The molecule has 0 amide bonds. The molecule has 0 aromatic heterocycles. The molecule has 1 aliphatic heterocycles. The lowest BCUT2D eigenvalue weighted by Crippen LogP contribution is -2.58. The molecule has 21 heavy (non-hydrogen) atoms. The van der Waals surface area contributed by atoms with Gasteiger partial charge in [0.15, 0.2) is 0 Å². The first-order chi connectivity index (χ1) is 10.1. The minimum absolute atomic E-state index is 0.373. The number of fused-ring (bicyclic) bond motifs is 2. The predicted octanol–water partition coefficient (Wildman–Crippen LogP) is 3.29. The summed E-state index contributed by atoms with van der Waals surface area (Å²) in [5.41, 5.74) is 0. The second-order valence-electron chi connectivity index (χ2n) is 7.61. The molecule has 2 atom stereocenters. The van der Waals surface area contributed by atoms with Crippen molar-refractivity contribution in [2.45, 2.75) is 78.0 Å². The van der Waals surface area contributed by atoms with Gasteiger partial charge in [-0.15, -0.1) is 0 Å². The highest BCUT2D eigenvalue weighted by Gasteiger charge is 2.39.